The van der Waals surface area contributed by atoms with E-state index in [1.165, 1.54) is 23.9 Å². The first-order valence-corrected chi connectivity index (χ1v) is 7.34. The van der Waals surface area contributed by atoms with Crippen LogP contribution in [0.5, 0.6) is 0 Å². The van der Waals surface area contributed by atoms with Crippen LogP contribution in [0, 0.1) is 0 Å². The Bertz CT molecular complexity index is 529. The normalized spacial score (nSPS) is 20.0. The molecule has 21 heavy (non-hydrogen) atoms. The number of hydrogen-bond acceptors (Lipinski definition) is 4. The second kappa shape index (κ2) is 6.57. The summed E-state index contributed by atoms with van der Waals surface area (Å²) in [5.41, 5.74) is 4.11. The number of ether oxygens (including phenoxy) is 1. The summed E-state index contributed by atoms with van der Waals surface area (Å²) in [4.78, 5) is 0.625. The minimum atomic E-state index is -4.55. The van der Waals surface area contributed by atoms with E-state index < -0.39 is 17.6 Å². The molecule has 0 aliphatic carbocycles. The van der Waals surface area contributed by atoms with E-state index >= 15 is 0 Å². The fraction of sp³-hybridized carbons (Fsp3) is 0.462. The number of nitrogens with zero attached hydrogens (tertiary/aromatic N) is 1. The molecule has 8 heteroatoms. The molecule has 1 unspecified atom stereocenters. The highest BCUT2D eigenvalue weighted by molar-refractivity contribution is 7.99. The Hall–Kier alpha value is -1.41. The predicted molar refractivity (Wildman–Crippen MR) is 73.7 cm³/mol. The zero-order chi connectivity index (χ0) is 15.5. The molecule has 0 spiro atoms. The van der Waals surface area contributed by atoms with E-state index in [2.05, 4.69) is 5.16 Å². The van der Waals surface area contributed by atoms with E-state index in [9.17, 15) is 13.2 Å². The SMILES string of the molecule is N/C(=N/O)c1cc(SCC2CCCO2)ccc1C(F)(F)F. The van der Waals surface area contributed by atoms with Crippen LogP contribution in [-0.2, 0) is 10.9 Å². The van der Waals surface area contributed by atoms with Gasteiger partial charge in [0, 0.05) is 22.8 Å². The molecule has 2 rings (SSSR count). The number of rotatable bonds is 4. The largest absolute Gasteiger partial charge is 0.417 e. The summed E-state index contributed by atoms with van der Waals surface area (Å²) in [5.74, 6) is 0.114. The molecule has 4 nitrogen and oxygen atoms in total. The molecule has 1 atom stereocenters. The van der Waals surface area contributed by atoms with Crippen LogP contribution in [-0.4, -0.2) is 29.5 Å². The monoisotopic (exact) mass is 320 g/mol. The summed E-state index contributed by atoms with van der Waals surface area (Å²) in [6.07, 6.45) is -2.46. The number of halogens is 3. The van der Waals surface area contributed by atoms with Crippen molar-refractivity contribution in [2.45, 2.75) is 30.0 Å². The van der Waals surface area contributed by atoms with Crippen molar-refractivity contribution in [3.05, 3.63) is 29.3 Å². The Labute approximate surface area is 124 Å². The fourth-order valence-electron chi connectivity index (χ4n) is 2.09. The molecule has 1 aliphatic heterocycles. The van der Waals surface area contributed by atoms with Gasteiger partial charge in [-0.05, 0) is 31.0 Å². The standard InChI is InChI=1S/C13H15F3N2O2S/c14-13(15,16)11-4-3-9(6-10(11)12(17)18-19)21-7-8-2-1-5-20-8/h3-4,6,8,19H,1-2,5,7H2,(H2,17,18). The van der Waals surface area contributed by atoms with E-state index in [4.69, 9.17) is 15.7 Å². The molecule has 1 heterocycles. The van der Waals surface area contributed by atoms with Crippen molar-refractivity contribution in [2.24, 2.45) is 10.9 Å². The Kier molecular flexibility index (Phi) is 5.00. The zero-order valence-corrected chi connectivity index (χ0v) is 11.9. The van der Waals surface area contributed by atoms with E-state index in [1.54, 1.807) is 0 Å². The number of benzene rings is 1. The number of hydrogen-bond donors (Lipinski definition) is 2. The molecule has 0 radical (unpaired) electrons. The smallest absolute Gasteiger partial charge is 0.409 e. The van der Waals surface area contributed by atoms with E-state index in [1.807, 2.05) is 0 Å². The Morgan fingerprint density at radius 1 is 1.48 bits per heavy atom. The van der Waals surface area contributed by atoms with Gasteiger partial charge in [-0.1, -0.05) is 5.16 Å². The second-order valence-electron chi connectivity index (χ2n) is 4.64. The maximum Gasteiger partial charge on any atom is 0.417 e. The van der Waals surface area contributed by atoms with Crippen LogP contribution in [0.2, 0.25) is 0 Å². The molecule has 1 aromatic carbocycles. The Balaban J connectivity index is 2.20. The molecule has 3 N–H and O–H groups in total. The third-order valence-electron chi connectivity index (χ3n) is 3.14. The van der Waals surface area contributed by atoms with Crippen molar-refractivity contribution in [3.63, 3.8) is 0 Å². The number of oxime groups is 1. The van der Waals surface area contributed by atoms with Gasteiger partial charge in [-0.15, -0.1) is 11.8 Å². The van der Waals surface area contributed by atoms with Gasteiger partial charge in [-0.3, -0.25) is 0 Å². The minimum Gasteiger partial charge on any atom is -0.409 e. The lowest BCUT2D eigenvalue weighted by molar-refractivity contribution is -0.137. The zero-order valence-electron chi connectivity index (χ0n) is 11.1. The summed E-state index contributed by atoms with van der Waals surface area (Å²) >= 11 is 1.39. The van der Waals surface area contributed by atoms with Crippen LogP contribution in [0.1, 0.15) is 24.0 Å². The van der Waals surface area contributed by atoms with Gasteiger partial charge >= 0.3 is 6.18 Å². The molecule has 1 fully saturated rings. The molecular formula is C13H15F3N2O2S. The molecule has 0 amide bonds. The third-order valence-corrected chi connectivity index (χ3v) is 4.27. The van der Waals surface area contributed by atoms with Crippen molar-refractivity contribution in [2.75, 3.05) is 12.4 Å². The van der Waals surface area contributed by atoms with Gasteiger partial charge in [0.1, 0.15) is 0 Å². The average molecular weight is 320 g/mol. The lowest BCUT2D eigenvalue weighted by Gasteiger charge is -2.14. The van der Waals surface area contributed by atoms with E-state index in [0.717, 1.165) is 25.5 Å². The van der Waals surface area contributed by atoms with Crippen LogP contribution in [0.15, 0.2) is 28.3 Å². The van der Waals surface area contributed by atoms with Gasteiger partial charge in [-0.25, -0.2) is 0 Å². The number of alkyl halides is 3. The molecular weight excluding hydrogens is 305 g/mol. The highest BCUT2D eigenvalue weighted by Crippen LogP contribution is 2.34. The first kappa shape index (κ1) is 16.0. The summed E-state index contributed by atoms with van der Waals surface area (Å²) in [7, 11) is 0. The van der Waals surface area contributed by atoms with Crippen LogP contribution in [0.25, 0.3) is 0 Å². The molecule has 1 aliphatic rings. The first-order chi connectivity index (χ1) is 9.91. The quantitative estimate of drug-likeness (QED) is 0.294. The van der Waals surface area contributed by atoms with Gasteiger partial charge in [0.2, 0.25) is 0 Å². The van der Waals surface area contributed by atoms with Crippen LogP contribution < -0.4 is 5.73 Å². The fourth-order valence-corrected chi connectivity index (χ4v) is 3.10. The van der Waals surface area contributed by atoms with Gasteiger partial charge < -0.3 is 15.7 Å². The van der Waals surface area contributed by atoms with Crippen LogP contribution >= 0.6 is 11.8 Å². The number of nitrogens with two attached hydrogens (primary N) is 1. The Morgan fingerprint density at radius 2 is 2.24 bits per heavy atom. The maximum atomic E-state index is 12.9. The average Bonchev–Trinajstić information content (AvgIpc) is 2.96. The van der Waals surface area contributed by atoms with Crippen molar-refractivity contribution in [1.82, 2.24) is 0 Å². The number of amidine groups is 1. The molecule has 1 saturated heterocycles. The van der Waals surface area contributed by atoms with E-state index in [0.29, 0.717) is 10.6 Å². The maximum absolute atomic E-state index is 12.9. The summed E-state index contributed by atoms with van der Waals surface area (Å²) in [5, 5.41) is 11.3. The molecule has 0 aromatic heterocycles. The molecule has 0 bridgehead atoms. The van der Waals surface area contributed by atoms with Gasteiger partial charge in [0.25, 0.3) is 0 Å². The lowest BCUT2D eigenvalue weighted by atomic mass is 10.1. The van der Waals surface area contributed by atoms with Crippen LogP contribution in [0.3, 0.4) is 0 Å². The number of thioether (sulfide) groups is 1. The topological polar surface area (TPSA) is 67.8 Å². The first-order valence-electron chi connectivity index (χ1n) is 6.35. The highest BCUT2D eigenvalue weighted by atomic mass is 32.2. The summed E-state index contributed by atoms with van der Waals surface area (Å²) in [6.45, 7) is 0.730. The van der Waals surface area contributed by atoms with Crippen molar-refractivity contribution in [1.29, 1.82) is 0 Å². The minimum absolute atomic E-state index is 0.129. The van der Waals surface area contributed by atoms with Gasteiger partial charge in [0.05, 0.1) is 11.7 Å². The van der Waals surface area contributed by atoms with E-state index in [-0.39, 0.29) is 11.7 Å². The van der Waals surface area contributed by atoms with Crippen molar-refractivity contribution >= 4 is 17.6 Å². The second-order valence-corrected chi connectivity index (χ2v) is 5.73. The Morgan fingerprint density at radius 3 is 2.81 bits per heavy atom. The molecule has 116 valence electrons. The highest BCUT2D eigenvalue weighted by Gasteiger charge is 2.34. The van der Waals surface area contributed by atoms with Crippen molar-refractivity contribution < 1.29 is 23.1 Å². The molecule has 0 saturated carbocycles. The van der Waals surface area contributed by atoms with Crippen molar-refractivity contribution in [3.8, 4) is 0 Å². The summed E-state index contributed by atoms with van der Waals surface area (Å²) < 4.78 is 44.1. The molecule has 1 aromatic rings. The third kappa shape index (κ3) is 4.04. The lowest BCUT2D eigenvalue weighted by Crippen LogP contribution is -2.20. The van der Waals surface area contributed by atoms with Gasteiger partial charge in [0.15, 0.2) is 5.84 Å². The van der Waals surface area contributed by atoms with Gasteiger partial charge in [-0.2, -0.15) is 13.2 Å². The van der Waals surface area contributed by atoms with Crippen LogP contribution in [0.4, 0.5) is 13.2 Å². The summed E-state index contributed by atoms with van der Waals surface area (Å²) in [6, 6.07) is 3.62. The predicted octanol–water partition coefficient (Wildman–Crippen LogP) is 3.07.